The average molecular weight is 349 g/mol. The van der Waals surface area contributed by atoms with Gasteiger partial charge in [0.2, 0.25) is 0 Å². The summed E-state index contributed by atoms with van der Waals surface area (Å²) >= 11 is 0. The topological polar surface area (TPSA) is 20.2 Å². The molecule has 0 saturated heterocycles. The third-order valence-electron chi connectivity index (χ3n) is 5.62. The number of allylic oxidation sites excluding steroid dienone is 1. The number of rotatable bonds is 9. The Bertz CT molecular complexity index is 757. The summed E-state index contributed by atoms with van der Waals surface area (Å²) in [7, 11) is 0. The van der Waals surface area contributed by atoms with Crippen molar-refractivity contribution in [1.82, 2.24) is 0 Å². The van der Waals surface area contributed by atoms with Crippen LogP contribution in [0.4, 0.5) is 0 Å². The Morgan fingerprint density at radius 1 is 0.846 bits per heavy atom. The van der Waals surface area contributed by atoms with E-state index in [1.165, 1.54) is 60.8 Å². The zero-order valence-corrected chi connectivity index (χ0v) is 16.3. The van der Waals surface area contributed by atoms with Gasteiger partial charge >= 0.3 is 0 Å². The van der Waals surface area contributed by atoms with Crippen LogP contribution in [0.3, 0.4) is 0 Å². The van der Waals surface area contributed by atoms with Gasteiger partial charge in [0.1, 0.15) is 5.75 Å². The Kier molecular flexibility index (Phi) is 6.55. The molecule has 0 heterocycles. The molecule has 2 aromatic rings. The molecule has 1 heteroatoms. The van der Waals surface area contributed by atoms with E-state index in [1.807, 2.05) is 6.07 Å². The summed E-state index contributed by atoms with van der Waals surface area (Å²) in [5.74, 6) is 0.649. The molecule has 0 aliphatic heterocycles. The molecule has 0 spiro atoms. The van der Waals surface area contributed by atoms with Gasteiger partial charge in [-0.15, -0.1) is 0 Å². The normalized spacial score (nSPS) is 15.4. The highest BCUT2D eigenvalue weighted by Gasteiger charge is 2.25. The Balaban J connectivity index is 1.99. The molecule has 0 saturated carbocycles. The first kappa shape index (κ1) is 18.8. The molecule has 2 aromatic carbocycles. The van der Waals surface area contributed by atoms with E-state index in [2.05, 4.69) is 56.3 Å². The molecule has 1 unspecified atom stereocenters. The van der Waals surface area contributed by atoms with Gasteiger partial charge in [-0.05, 0) is 54.0 Å². The number of benzene rings is 2. The van der Waals surface area contributed by atoms with Crippen molar-refractivity contribution in [2.24, 2.45) is 0 Å². The molecule has 0 bridgehead atoms. The lowest BCUT2D eigenvalue weighted by Crippen LogP contribution is -2.06. The second-order valence-electron chi connectivity index (χ2n) is 7.52. The summed E-state index contributed by atoms with van der Waals surface area (Å²) in [6.07, 6.45) is 14.1. The highest BCUT2D eigenvalue weighted by atomic mass is 16.3. The lowest BCUT2D eigenvalue weighted by molar-refractivity contribution is 0.465. The van der Waals surface area contributed by atoms with Gasteiger partial charge < -0.3 is 5.11 Å². The molecule has 1 aliphatic rings. The van der Waals surface area contributed by atoms with Crippen LogP contribution in [0.15, 0.2) is 42.5 Å². The number of phenols is 1. The maximum absolute atomic E-state index is 10.8. The maximum Gasteiger partial charge on any atom is 0.120 e. The number of aromatic hydroxyl groups is 1. The van der Waals surface area contributed by atoms with Crippen molar-refractivity contribution >= 4 is 6.08 Å². The van der Waals surface area contributed by atoms with Crippen LogP contribution in [0.5, 0.6) is 5.75 Å². The van der Waals surface area contributed by atoms with Gasteiger partial charge in [-0.2, -0.15) is 0 Å². The minimum atomic E-state index is 0.189. The van der Waals surface area contributed by atoms with Crippen LogP contribution in [0.25, 0.3) is 6.08 Å². The van der Waals surface area contributed by atoms with Crippen molar-refractivity contribution in [2.75, 3.05) is 0 Å². The van der Waals surface area contributed by atoms with Crippen LogP contribution in [0, 0.1) is 0 Å². The van der Waals surface area contributed by atoms with Crippen molar-refractivity contribution in [3.63, 3.8) is 0 Å². The minimum Gasteiger partial charge on any atom is -0.508 e. The zero-order valence-electron chi connectivity index (χ0n) is 16.3. The molecule has 1 nitrogen and oxygen atoms in total. The number of aryl methyl sites for hydroxylation is 1. The lowest BCUT2D eigenvalue weighted by atomic mass is 9.83. The van der Waals surface area contributed by atoms with E-state index in [0.29, 0.717) is 5.75 Å². The molecule has 138 valence electrons. The number of fused-ring (bicyclic) bond motifs is 1. The molecule has 0 amide bonds. The largest absolute Gasteiger partial charge is 0.508 e. The van der Waals surface area contributed by atoms with Crippen LogP contribution in [0.2, 0.25) is 0 Å². The third-order valence-corrected chi connectivity index (χ3v) is 5.62. The lowest BCUT2D eigenvalue weighted by Gasteiger charge is -2.21. The summed E-state index contributed by atoms with van der Waals surface area (Å²) in [4.78, 5) is 0. The van der Waals surface area contributed by atoms with Gasteiger partial charge in [0.15, 0.2) is 0 Å². The van der Waals surface area contributed by atoms with E-state index >= 15 is 0 Å². The Morgan fingerprint density at radius 2 is 1.58 bits per heavy atom. The number of hydrogen-bond donors (Lipinski definition) is 1. The van der Waals surface area contributed by atoms with E-state index in [0.717, 1.165) is 18.4 Å². The first-order valence-corrected chi connectivity index (χ1v) is 10.4. The number of unbranched alkanes of at least 4 members (excludes halogenated alkanes) is 4. The second-order valence-corrected chi connectivity index (χ2v) is 7.52. The van der Waals surface area contributed by atoms with Gasteiger partial charge in [0.25, 0.3) is 0 Å². The third kappa shape index (κ3) is 4.03. The van der Waals surface area contributed by atoms with E-state index < -0.39 is 0 Å². The Hall–Kier alpha value is -2.02. The predicted octanol–water partition coefficient (Wildman–Crippen LogP) is 7.02. The van der Waals surface area contributed by atoms with E-state index in [-0.39, 0.29) is 5.92 Å². The first-order chi connectivity index (χ1) is 12.8. The van der Waals surface area contributed by atoms with Crippen molar-refractivity contribution in [3.8, 4) is 5.75 Å². The summed E-state index contributed by atoms with van der Waals surface area (Å²) in [6, 6.07) is 12.7. The van der Waals surface area contributed by atoms with Crippen molar-refractivity contribution in [3.05, 3.63) is 70.3 Å². The quantitative estimate of drug-likeness (QED) is 0.483. The summed E-state index contributed by atoms with van der Waals surface area (Å²) < 4.78 is 0. The van der Waals surface area contributed by atoms with Gasteiger partial charge in [0, 0.05) is 11.5 Å². The molecular weight excluding hydrogens is 316 g/mol. The Labute approximate surface area is 158 Å². The maximum atomic E-state index is 10.8. The smallest absolute Gasteiger partial charge is 0.120 e. The van der Waals surface area contributed by atoms with Crippen LogP contribution in [-0.4, -0.2) is 5.11 Å². The van der Waals surface area contributed by atoms with Gasteiger partial charge in [-0.25, -0.2) is 0 Å². The molecule has 1 aliphatic carbocycles. The molecule has 0 fully saturated rings. The number of hydrogen-bond acceptors (Lipinski definition) is 1. The molecule has 0 aromatic heterocycles. The minimum absolute atomic E-state index is 0.189. The van der Waals surface area contributed by atoms with Gasteiger partial charge in [0.05, 0.1) is 0 Å². The van der Waals surface area contributed by atoms with Gasteiger partial charge in [-0.1, -0.05) is 82.0 Å². The first-order valence-electron chi connectivity index (χ1n) is 10.4. The number of phenolic OH excluding ortho intramolecular Hbond substituents is 1. The summed E-state index contributed by atoms with van der Waals surface area (Å²) in [5.41, 5.74) is 6.61. The second kappa shape index (κ2) is 9.07. The fourth-order valence-corrected chi connectivity index (χ4v) is 4.19. The SMILES string of the molecule is CCCCCc1ccc(O)c(C2C=Cc3ccccc32)c1CCCCC. The molecule has 1 N–H and O–H groups in total. The average Bonchev–Trinajstić information content (AvgIpc) is 3.08. The van der Waals surface area contributed by atoms with Crippen LogP contribution in [0.1, 0.15) is 86.1 Å². The fourth-order valence-electron chi connectivity index (χ4n) is 4.19. The molecule has 1 atom stereocenters. The van der Waals surface area contributed by atoms with Crippen LogP contribution < -0.4 is 0 Å². The molecule has 26 heavy (non-hydrogen) atoms. The fraction of sp³-hybridized carbons (Fsp3) is 0.440. The highest BCUT2D eigenvalue weighted by Crippen LogP contribution is 2.42. The van der Waals surface area contributed by atoms with E-state index in [9.17, 15) is 5.11 Å². The standard InChI is InChI=1S/C25H32O/c1-3-5-7-11-20-16-18-24(26)25(22(20)14-8-6-4-2)23-17-15-19-12-9-10-13-21(19)23/h9-10,12-13,15-18,23,26H,3-8,11,14H2,1-2H3. The summed E-state index contributed by atoms with van der Waals surface area (Å²) in [6.45, 7) is 4.51. The van der Waals surface area contributed by atoms with Crippen molar-refractivity contribution in [1.29, 1.82) is 0 Å². The van der Waals surface area contributed by atoms with E-state index in [1.54, 1.807) is 0 Å². The van der Waals surface area contributed by atoms with Gasteiger partial charge in [-0.3, -0.25) is 0 Å². The monoisotopic (exact) mass is 348 g/mol. The highest BCUT2D eigenvalue weighted by molar-refractivity contribution is 5.67. The van der Waals surface area contributed by atoms with Crippen LogP contribution >= 0.6 is 0 Å². The molecule has 0 radical (unpaired) electrons. The molecule has 3 rings (SSSR count). The van der Waals surface area contributed by atoms with Crippen molar-refractivity contribution in [2.45, 2.75) is 71.1 Å². The van der Waals surface area contributed by atoms with E-state index in [4.69, 9.17) is 0 Å². The zero-order chi connectivity index (χ0) is 18.4. The predicted molar refractivity (Wildman–Crippen MR) is 112 cm³/mol. The summed E-state index contributed by atoms with van der Waals surface area (Å²) in [5, 5.41) is 10.8. The molecular formula is C25H32O. The Morgan fingerprint density at radius 3 is 2.35 bits per heavy atom. The van der Waals surface area contributed by atoms with Crippen LogP contribution in [-0.2, 0) is 12.8 Å². The van der Waals surface area contributed by atoms with Crippen molar-refractivity contribution < 1.29 is 5.11 Å².